The molecule has 0 bridgehead atoms. The van der Waals surface area contributed by atoms with E-state index in [4.69, 9.17) is 0 Å². The standard InChI is InChI=1S/C30H39N3O2/c1-6-25(5)33(21-28-17-12-18-31(28)20-27-16-11-10-13-24(27)4)30(35)22-32(23(2)3)29(34)19-26-14-8-7-9-15-26/h7-18,23,25H,6,19-22H2,1-5H3. The summed E-state index contributed by atoms with van der Waals surface area (Å²) in [5.74, 6) is -0.0373. The third-order valence-electron chi connectivity index (χ3n) is 6.75. The molecule has 0 saturated heterocycles. The van der Waals surface area contributed by atoms with Gasteiger partial charge in [-0.2, -0.15) is 0 Å². The van der Waals surface area contributed by atoms with Crippen LogP contribution in [0.25, 0.3) is 0 Å². The second-order valence-corrected chi connectivity index (χ2v) is 9.61. The van der Waals surface area contributed by atoms with Gasteiger partial charge in [0.25, 0.3) is 0 Å². The number of hydrogen-bond acceptors (Lipinski definition) is 2. The Morgan fingerprint density at radius 1 is 0.857 bits per heavy atom. The first-order valence-corrected chi connectivity index (χ1v) is 12.6. The Bertz CT molecular complexity index is 1100. The van der Waals surface area contributed by atoms with Gasteiger partial charge in [-0.1, -0.05) is 61.5 Å². The molecule has 2 amide bonds. The van der Waals surface area contributed by atoms with E-state index >= 15 is 0 Å². The Morgan fingerprint density at radius 2 is 1.54 bits per heavy atom. The molecule has 0 aliphatic rings. The zero-order valence-corrected chi connectivity index (χ0v) is 21.8. The molecular weight excluding hydrogens is 434 g/mol. The van der Waals surface area contributed by atoms with Crippen molar-refractivity contribution >= 4 is 11.8 Å². The smallest absolute Gasteiger partial charge is 0.242 e. The van der Waals surface area contributed by atoms with Crippen LogP contribution < -0.4 is 0 Å². The molecule has 0 spiro atoms. The maximum atomic E-state index is 13.6. The van der Waals surface area contributed by atoms with E-state index in [-0.39, 0.29) is 30.4 Å². The second-order valence-electron chi connectivity index (χ2n) is 9.61. The van der Waals surface area contributed by atoms with E-state index in [0.717, 1.165) is 24.2 Å². The summed E-state index contributed by atoms with van der Waals surface area (Å²) in [6, 6.07) is 22.2. The number of nitrogens with zero attached hydrogens (tertiary/aromatic N) is 3. The Labute approximate surface area is 210 Å². The van der Waals surface area contributed by atoms with Crippen LogP contribution in [0.1, 0.15) is 56.5 Å². The Kier molecular flexibility index (Phi) is 9.30. The number of carbonyl (C=O) groups excluding carboxylic acids is 2. The molecule has 1 aromatic heterocycles. The van der Waals surface area contributed by atoms with Crippen LogP contribution in [0.15, 0.2) is 72.9 Å². The zero-order valence-electron chi connectivity index (χ0n) is 21.8. The average molecular weight is 474 g/mol. The van der Waals surface area contributed by atoms with Crippen molar-refractivity contribution in [2.45, 2.75) is 72.6 Å². The van der Waals surface area contributed by atoms with Gasteiger partial charge in [0.05, 0.1) is 13.0 Å². The summed E-state index contributed by atoms with van der Waals surface area (Å²) in [6.07, 6.45) is 3.23. The molecule has 0 saturated carbocycles. The van der Waals surface area contributed by atoms with Crippen LogP contribution in [0, 0.1) is 6.92 Å². The molecule has 1 atom stereocenters. The highest BCUT2D eigenvalue weighted by Gasteiger charge is 2.26. The van der Waals surface area contributed by atoms with Crippen LogP contribution in [0.3, 0.4) is 0 Å². The number of rotatable bonds is 11. The van der Waals surface area contributed by atoms with Crippen molar-refractivity contribution in [3.8, 4) is 0 Å². The molecular formula is C30H39N3O2. The van der Waals surface area contributed by atoms with Crippen molar-refractivity contribution in [3.05, 3.63) is 95.3 Å². The Balaban J connectivity index is 1.75. The van der Waals surface area contributed by atoms with Crippen molar-refractivity contribution < 1.29 is 9.59 Å². The molecule has 0 aliphatic heterocycles. The molecule has 0 radical (unpaired) electrons. The van der Waals surface area contributed by atoms with E-state index in [1.54, 1.807) is 4.90 Å². The summed E-state index contributed by atoms with van der Waals surface area (Å²) in [5, 5.41) is 0. The van der Waals surface area contributed by atoms with Crippen LogP contribution >= 0.6 is 0 Å². The van der Waals surface area contributed by atoms with Crippen molar-refractivity contribution in [1.82, 2.24) is 14.4 Å². The van der Waals surface area contributed by atoms with Gasteiger partial charge in [-0.3, -0.25) is 9.59 Å². The quantitative estimate of drug-likeness (QED) is 0.372. The molecule has 3 rings (SSSR count). The molecule has 2 aromatic carbocycles. The second kappa shape index (κ2) is 12.4. The van der Waals surface area contributed by atoms with E-state index in [2.05, 4.69) is 61.9 Å². The number of aryl methyl sites for hydroxylation is 1. The lowest BCUT2D eigenvalue weighted by atomic mass is 10.1. The average Bonchev–Trinajstić information content (AvgIpc) is 3.28. The van der Waals surface area contributed by atoms with Crippen LogP contribution in [0.2, 0.25) is 0 Å². The summed E-state index contributed by atoms with van der Waals surface area (Å²) >= 11 is 0. The Hall–Kier alpha value is -3.34. The van der Waals surface area contributed by atoms with Crippen LogP contribution in [-0.4, -0.2) is 44.8 Å². The first-order chi connectivity index (χ1) is 16.8. The predicted molar refractivity (Wildman–Crippen MR) is 142 cm³/mol. The molecule has 5 heteroatoms. The fourth-order valence-corrected chi connectivity index (χ4v) is 4.27. The minimum absolute atomic E-state index is 0.0156. The van der Waals surface area contributed by atoms with Crippen LogP contribution in [-0.2, 0) is 29.1 Å². The van der Waals surface area contributed by atoms with Gasteiger partial charge in [-0.05, 0) is 62.9 Å². The lowest BCUT2D eigenvalue weighted by molar-refractivity contribution is -0.143. The number of carbonyl (C=O) groups is 2. The van der Waals surface area contributed by atoms with Crippen molar-refractivity contribution in [3.63, 3.8) is 0 Å². The molecule has 0 N–H and O–H groups in total. The lowest BCUT2D eigenvalue weighted by Gasteiger charge is -2.33. The van der Waals surface area contributed by atoms with E-state index in [0.29, 0.717) is 13.0 Å². The van der Waals surface area contributed by atoms with Gasteiger partial charge in [0.1, 0.15) is 6.54 Å². The maximum Gasteiger partial charge on any atom is 0.242 e. The van der Waals surface area contributed by atoms with Crippen LogP contribution in [0.5, 0.6) is 0 Å². The topological polar surface area (TPSA) is 45.6 Å². The van der Waals surface area contributed by atoms with Crippen molar-refractivity contribution in [2.24, 2.45) is 0 Å². The molecule has 3 aromatic rings. The third-order valence-corrected chi connectivity index (χ3v) is 6.75. The highest BCUT2D eigenvalue weighted by molar-refractivity contribution is 5.86. The number of hydrogen-bond donors (Lipinski definition) is 0. The van der Waals surface area contributed by atoms with Gasteiger partial charge >= 0.3 is 0 Å². The Morgan fingerprint density at radius 3 is 2.20 bits per heavy atom. The van der Waals surface area contributed by atoms with Gasteiger partial charge in [0.2, 0.25) is 11.8 Å². The molecule has 0 aliphatic carbocycles. The molecule has 1 unspecified atom stereocenters. The number of amides is 2. The first-order valence-electron chi connectivity index (χ1n) is 12.6. The molecule has 35 heavy (non-hydrogen) atoms. The van der Waals surface area contributed by atoms with Crippen molar-refractivity contribution in [1.29, 1.82) is 0 Å². The van der Waals surface area contributed by atoms with Gasteiger partial charge in [-0.15, -0.1) is 0 Å². The minimum Gasteiger partial charge on any atom is -0.345 e. The molecule has 1 heterocycles. The molecule has 186 valence electrons. The van der Waals surface area contributed by atoms with Crippen molar-refractivity contribution in [2.75, 3.05) is 6.54 Å². The summed E-state index contributed by atoms with van der Waals surface area (Å²) in [6.45, 7) is 11.6. The molecule has 5 nitrogen and oxygen atoms in total. The lowest BCUT2D eigenvalue weighted by Crippen LogP contribution is -2.48. The maximum absolute atomic E-state index is 13.6. The van der Waals surface area contributed by atoms with Crippen LogP contribution in [0.4, 0.5) is 0 Å². The highest BCUT2D eigenvalue weighted by Crippen LogP contribution is 2.17. The molecule has 0 fully saturated rings. The third kappa shape index (κ3) is 7.08. The summed E-state index contributed by atoms with van der Waals surface area (Å²) in [5.41, 5.74) is 4.58. The summed E-state index contributed by atoms with van der Waals surface area (Å²) < 4.78 is 2.21. The summed E-state index contributed by atoms with van der Waals surface area (Å²) in [4.78, 5) is 30.3. The van der Waals surface area contributed by atoms with E-state index in [1.165, 1.54) is 11.1 Å². The first kappa shape index (κ1) is 26.3. The summed E-state index contributed by atoms with van der Waals surface area (Å²) in [7, 11) is 0. The highest BCUT2D eigenvalue weighted by atomic mass is 16.2. The van der Waals surface area contributed by atoms with Gasteiger partial charge in [-0.25, -0.2) is 0 Å². The monoisotopic (exact) mass is 473 g/mol. The van der Waals surface area contributed by atoms with E-state index in [1.807, 2.05) is 55.1 Å². The van der Waals surface area contributed by atoms with Gasteiger partial charge in [0, 0.05) is 30.5 Å². The largest absolute Gasteiger partial charge is 0.345 e. The zero-order chi connectivity index (χ0) is 25.4. The SMILES string of the molecule is CCC(C)N(Cc1cccn1Cc1ccccc1C)C(=O)CN(C(=O)Cc1ccccc1)C(C)C. The normalized spacial score (nSPS) is 11.9. The van der Waals surface area contributed by atoms with Gasteiger partial charge in [0.15, 0.2) is 0 Å². The number of aromatic nitrogens is 1. The fraction of sp³-hybridized carbons (Fsp3) is 0.400. The fourth-order valence-electron chi connectivity index (χ4n) is 4.27. The number of benzene rings is 2. The minimum atomic E-state index is -0.0566. The van der Waals surface area contributed by atoms with Gasteiger partial charge < -0.3 is 14.4 Å². The van der Waals surface area contributed by atoms with E-state index in [9.17, 15) is 9.59 Å². The van der Waals surface area contributed by atoms with E-state index < -0.39 is 0 Å². The predicted octanol–water partition coefficient (Wildman–Crippen LogP) is 5.45.